The molecule has 0 aliphatic carbocycles. The van der Waals surface area contributed by atoms with Gasteiger partial charge in [0.05, 0.1) is 0 Å². The Hall–Kier alpha value is -2.33. The third-order valence-electron chi connectivity index (χ3n) is 3.92. The van der Waals surface area contributed by atoms with E-state index in [1.807, 2.05) is 44.2 Å². The average Bonchev–Trinajstić information content (AvgIpc) is 2.84. The van der Waals surface area contributed by atoms with Crippen LogP contribution in [-0.2, 0) is 0 Å². The molecule has 0 saturated heterocycles. The van der Waals surface area contributed by atoms with Gasteiger partial charge in [-0.25, -0.2) is 0 Å². The van der Waals surface area contributed by atoms with E-state index in [0.717, 1.165) is 33.7 Å². The third-order valence-corrected chi connectivity index (χ3v) is 3.92. The van der Waals surface area contributed by atoms with Gasteiger partial charge >= 0.3 is 0 Å². The van der Waals surface area contributed by atoms with E-state index in [9.17, 15) is 4.79 Å². The molecule has 0 fully saturated rings. The minimum Gasteiger partial charge on any atom is -0.450 e. The van der Waals surface area contributed by atoms with Crippen molar-refractivity contribution in [1.82, 2.24) is 5.32 Å². The highest BCUT2D eigenvalue weighted by molar-refractivity contribution is 6.08. The van der Waals surface area contributed by atoms with Gasteiger partial charge < -0.3 is 15.5 Å². The number of fused-ring (bicyclic) bond motifs is 3. The van der Waals surface area contributed by atoms with E-state index in [0.29, 0.717) is 12.3 Å². The summed E-state index contributed by atoms with van der Waals surface area (Å²) < 4.78 is 5.89. The highest BCUT2D eigenvalue weighted by Gasteiger charge is 2.18. The molecule has 4 nitrogen and oxygen atoms in total. The Kier molecular flexibility index (Phi) is 3.86. The normalized spacial score (nSPS) is 12.7. The van der Waals surface area contributed by atoms with Crippen LogP contribution in [0.4, 0.5) is 0 Å². The van der Waals surface area contributed by atoms with Crippen molar-refractivity contribution in [3.05, 3.63) is 47.7 Å². The minimum absolute atomic E-state index is 0.0704. The molecule has 4 heteroatoms. The summed E-state index contributed by atoms with van der Waals surface area (Å²) in [6.07, 6.45) is 0.744. The fraction of sp³-hybridized carbons (Fsp3) is 0.278. The van der Waals surface area contributed by atoms with E-state index in [-0.39, 0.29) is 11.9 Å². The van der Waals surface area contributed by atoms with Crippen LogP contribution in [0.1, 0.15) is 29.5 Å². The van der Waals surface area contributed by atoms with Crippen LogP contribution in [-0.4, -0.2) is 18.5 Å². The average molecular weight is 296 g/mol. The first-order valence-corrected chi connectivity index (χ1v) is 7.52. The number of hydrogen-bond acceptors (Lipinski definition) is 3. The van der Waals surface area contributed by atoms with Crippen molar-refractivity contribution in [1.29, 1.82) is 0 Å². The lowest BCUT2D eigenvalue weighted by Gasteiger charge is -2.06. The maximum absolute atomic E-state index is 12.3. The smallest absolute Gasteiger partial charge is 0.287 e. The lowest BCUT2D eigenvalue weighted by Crippen LogP contribution is -2.29. The Morgan fingerprint density at radius 1 is 1.23 bits per heavy atom. The molecule has 0 radical (unpaired) electrons. The topological polar surface area (TPSA) is 68.3 Å². The van der Waals surface area contributed by atoms with Crippen LogP contribution in [0.5, 0.6) is 0 Å². The summed E-state index contributed by atoms with van der Waals surface area (Å²) in [4.78, 5) is 12.3. The molecule has 1 amide bonds. The lowest BCUT2D eigenvalue weighted by molar-refractivity contribution is 0.0926. The van der Waals surface area contributed by atoms with Crippen LogP contribution in [0.15, 0.2) is 40.8 Å². The number of carbonyl (C=O) groups excluding carboxylic acids is 1. The van der Waals surface area contributed by atoms with Crippen molar-refractivity contribution >= 4 is 27.6 Å². The molecule has 1 aromatic heterocycles. The Balaban J connectivity index is 1.99. The maximum atomic E-state index is 12.3. The molecular weight excluding hydrogens is 276 g/mol. The molecule has 0 aliphatic rings. The summed E-state index contributed by atoms with van der Waals surface area (Å²) >= 11 is 0. The zero-order valence-corrected chi connectivity index (χ0v) is 12.8. The SMILES string of the molecule is Cc1c(C(=O)NCCC(C)N)oc2c1ccc1ccccc12. The van der Waals surface area contributed by atoms with Crippen molar-refractivity contribution in [2.75, 3.05) is 6.54 Å². The van der Waals surface area contributed by atoms with Gasteiger partial charge in [0.1, 0.15) is 5.58 Å². The molecule has 3 aromatic rings. The first kappa shape index (κ1) is 14.6. The zero-order valence-electron chi connectivity index (χ0n) is 12.8. The summed E-state index contributed by atoms with van der Waals surface area (Å²) in [6.45, 7) is 4.39. The van der Waals surface area contributed by atoms with Crippen molar-refractivity contribution in [3.63, 3.8) is 0 Å². The van der Waals surface area contributed by atoms with Gasteiger partial charge in [-0.2, -0.15) is 0 Å². The van der Waals surface area contributed by atoms with Gasteiger partial charge in [-0.05, 0) is 25.7 Å². The molecule has 2 aromatic carbocycles. The summed E-state index contributed by atoms with van der Waals surface area (Å²) in [5, 5.41) is 5.98. The Bertz CT molecular complexity index is 834. The van der Waals surface area contributed by atoms with Crippen LogP contribution in [0, 0.1) is 6.92 Å². The number of rotatable bonds is 4. The second-order valence-corrected chi connectivity index (χ2v) is 5.74. The van der Waals surface area contributed by atoms with E-state index < -0.39 is 0 Å². The molecular formula is C18H20N2O2. The lowest BCUT2D eigenvalue weighted by atomic mass is 10.1. The Morgan fingerprint density at radius 2 is 2.00 bits per heavy atom. The van der Waals surface area contributed by atoms with Crippen molar-refractivity contribution in [2.24, 2.45) is 5.73 Å². The molecule has 1 heterocycles. The third kappa shape index (κ3) is 2.57. The van der Waals surface area contributed by atoms with E-state index in [1.165, 1.54) is 0 Å². The highest BCUT2D eigenvalue weighted by atomic mass is 16.3. The van der Waals surface area contributed by atoms with E-state index in [1.54, 1.807) is 0 Å². The van der Waals surface area contributed by atoms with Gasteiger partial charge in [-0.3, -0.25) is 4.79 Å². The van der Waals surface area contributed by atoms with Gasteiger partial charge in [0.2, 0.25) is 0 Å². The Labute approximate surface area is 129 Å². The molecule has 1 unspecified atom stereocenters. The minimum atomic E-state index is -0.182. The number of nitrogens with two attached hydrogens (primary N) is 1. The number of carbonyl (C=O) groups is 1. The van der Waals surface area contributed by atoms with Gasteiger partial charge in [0.25, 0.3) is 5.91 Å². The predicted molar refractivity (Wildman–Crippen MR) is 89.1 cm³/mol. The standard InChI is InChI=1S/C18H20N2O2/c1-11(19)9-10-20-18(21)16-12(2)14-8-7-13-5-3-4-6-15(13)17(14)22-16/h3-8,11H,9-10,19H2,1-2H3,(H,20,21). The molecule has 3 N–H and O–H groups in total. The number of furan rings is 1. The van der Waals surface area contributed by atoms with Crippen molar-refractivity contribution in [3.8, 4) is 0 Å². The number of amides is 1. The van der Waals surface area contributed by atoms with E-state index >= 15 is 0 Å². The maximum Gasteiger partial charge on any atom is 0.287 e. The molecule has 0 saturated carbocycles. The molecule has 22 heavy (non-hydrogen) atoms. The quantitative estimate of drug-likeness (QED) is 0.775. The molecule has 1 atom stereocenters. The monoisotopic (exact) mass is 296 g/mol. The predicted octanol–water partition coefficient (Wildman–Crippen LogP) is 3.36. The summed E-state index contributed by atoms with van der Waals surface area (Å²) in [5.41, 5.74) is 7.34. The fourth-order valence-corrected chi connectivity index (χ4v) is 2.66. The first-order chi connectivity index (χ1) is 10.6. The van der Waals surface area contributed by atoms with Gasteiger partial charge in [-0.15, -0.1) is 0 Å². The van der Waals surface area contributed by atoms with Crippen molar-refractivity contribution < 1.29 is 9.21 Å². The first-order valence-electron chi connectivity index (χ1n) is 7.52. The highest BCUT2D eigenvalue weighted by Crippen LogP contribution is 2.31. The molecule has 0 spiro atoms. The van der Waals surface area contributed by atoms with Crippen molar-refractivity contribution in [2.45, 2.75) is 26.3 Å². The summed E-state index contributed by atoms with van der Waals surface area (Å²) in [7, 11) is 0. The van der Waals surface area contributed by atoms with Crippen LogP contribution in [0.3, 0.4) is 0 Å². The van der Waals surface area contributed by atoms with Crippen LogP contribution >= 0.6 is 0 Å². The molecule has 114 valence electrons. The second kappa shape index (κ2) is 5.81. The molecule has 0 aliphatic heterocycles. The van der Waals surface area contributed by atoms with E-state index in [2.05, 4.69) is 11.4 Å². The van der Waals surface area contributed by atoms with Gasteiger partial charge in [0, 0.05) is 28.9 Å². The number of aryl methyl sites for hydroxylation is 1. The largest absolute Gasteiger partial charge is 0.450 e. The van der Waals surface area contributed by atoms with Crippen LogP contribution in [0.2, 0.25) is 0 Å². The summed E-state index contributed by atoms with van der Waals surface area (Å²) in [5.74, 6) is 0.203. The number of hydrogen-bond donors (Lipinski definition) is 2. The summed E-state index contributed by atoms with van der Waals surface area (Å²) in [6, 6.07) is 12.1. The number of benzene rings is 2. The number of nitrogens with one attached hydrogen (secondary N) is 1. The Morgan fingerprint density at radius 3 is 2.77 bits per heavy atom. The molecule has 0 bridgehead atoms. The van der Waals surface area contributed by atoms with E-state index in [4.69, 9.17) is 10.2 Å². The molecule has 3 rings (SSSR count). The van der Waals surface area contributed by atoms with Crippen LogP contribution in [0.25, 0.3) is 21.7 Å². The fourth-order valence-electron chi connectivity index (χ4n) is 2.66. The second-order valence-electron chi connectivity index (χ2n) is 5.74. The van der Waals surface area contributed by atoms with Gasteiger partial charge in [0.15, 0.2) is 5.76 Å². The zero-order chi connectivity index (χ0) is 15.7. The van der Waals surface area contributed by atoms with Gasteiger partial charge in [-0.1, -0.05) is 36.4 Å². The van der Waals surface area contributed by atoms with Crippen LogP contribution < -0.4 is 11.1 Å².